The Labute approximate surface area is 103 Å². The number of hydrogen-bond acceptors (Lipinski definition) is 3. The SMILES string of the molecule is CC(C)NC(=O)CCNC(C)c1cnn(C)c1. The average Bonchev–Trinajstić information content (AvgIpc) is 2.63. The number of aryl methyl sites for hydroxylation is 1. The topological polar surface area (TPSA) is 59.0 Å². The summed E-state index contributed by atoms with van der Waals surface area (Å²) >= 11 is 0. The maximum atomic E-state index is 11.4. The Kier molecular flexibility index (Phi) is 5.15. The summed E-state index contributed by atoms with van der Waals surface area (Å²) in [7, 11) is 1.90. The summed E-state index contributed by atoms with van der Waals surface area (Å²) in [6.45, 7) is 6.67. The molecule has 1 aromatic heterocycles. The fourth-order valence-electron chi connectivity index (χ4n) is 1.58. The van der Waals surface area contributed by atoms with Crippen molar-refractivity contribution < 1.29 is 4.79 Å². The van der Waals surface area contributed by atoms with E-state index in [1.165, 1.54) is 0 Å². The van der Waals surface area contributed by atoms with Gasteiger partial charge >= 0.3 is 0 Å². The van der Waals surface area contributed by atoms with Crippen LogP contribution in [0.15, 0.2) is 12.4 Å². The molecule has 1 rings (SSSR count). The quantitative estimate of drug-likeness (QED) is 0.777. The number of hydrogen-bond donors (Lipinski definition) is 2. The lowest BCUT2D eigenvalue weighted by atomic mass is 10.2. The summed E-state index contributed by atoms with van der Waals surface area (Å²) < 4.78 is 1.78. The molecule has 5 heteroatoms. The predicted molar refractivity (Wildman–Crippen MR) is 67.5 cm³/mol. The van der Waals surface area contributed by atoms with Gasteiger partial charge < -0.3 is 10.6 Å². The van der Waals surface area contributed by atoms with Crippen LogP contribution >= 0.6 is 0 Å². The van der Waals surface area contributed by atoms with Crippen molar-refractivity contribution in [2.75, 3.05) is 6.54 Å². The van der Waals surface area contributed by atoms with Crippen molar-refractivity contribution in [2.24, 2.45) is 7.05 Å². The predicted octanol–water partition coefficient (Wildman–Crippen LogP) is 0.985. The number of carbonyl (C=O) groups is 1. The molecule has 0 aliphatic carbocycles. The third-order valence-corrected chi connectivity index (χ3v) is 2.48. The van der Waals surface area contributed by atoms with Crippen LogP contribution < -0.4 is 10.6 Å². The van der Waals surface area contributed by atoms with Gasteiger partial charge in [0.25, 0.3) is 0 Å². The minimum absolute atomic E-state index is 0.0888. The van der Waals surface area contributed by atoms with Crippen molar-refractivity contribution in [3.05, 3.63) is 18.0 Å². The molecule has 17 heavy (non-hydrogen) atoms. The van der Waals surface area contributed by atoms with Crippen molar-refractivity contribution in [2.45, 2.75) is 39.3 Å². The number of carbonyl (C=O) groups excluding carboxylic acids is 1. The van der Waals surface area contributed by atoms with Crippen LogP contribution in [0.4, 0.5) is 0 Å². The van der Waals surface area contributed by atoms with Crippen molar-refractivity contribution in [3.63, 3.8) is 0 Å². The van der Waals surface area contributed by atoms with Crippen LogP contribution in [0.2, 0.25) is 0 Å². The molecule has 0 radical (unpaired) electrons. The van der Waals surface area contributed by atoms with Gasteiger partial charge in [0.15, 0.2) is 0 Å². The van der Waals surface area contributed by atoms with E-state index >= 15 is 0 Å². The van der Waals surface area contributed by atoms with Gasteiger partial charge in [-0.3, -0.25) is 9.48 Å². The molecule has 0 aliphatic heterocycles. The molecule has 2 N–H and O–H groups in total. The van der Waals surface area contributed by atoms with Crippen LogP contribution in [0.3, 0.4) is 0 Å². The standard InChI is InChI=1S/C12H22N4O/c1-9(2)15-12(17)5-6-13-10(3)11-7-14-16(4)8-11/h7-10,13H,5-6H2,1-4H3,(H,15,17). The molecule has 96 valence electrons. The summed E-state index contributed by atoms with van der Waals surface area (Å²) in [5.41, 5.74) is 1.14. The van der Waals surface area contributed by atoms with Gasteiger partial charge in [0, 0.05) is 43.9 Å². The Bertz CT molecular complexity index is 359. The first-order chi connectivity index (χ1) is 7.99. The summed E-state index contributed by atoms with van der Waals surface area (Å²) in [5.74, 6) is 0.0888. The van der Waals surface area contributed by atoms with E-state index in [0.29, 0.717) is 13.0 Å². The minimum Gasteiger partial charge on any atom is -0.354 e. The van der Waals surface area contributed by atoms with Gasteiger partial charge in [-0.2, -0.15) is 5.10 Å². The van der Waals surface area contributed by atoms with Gasteiger partial charge in [-0.1, -0.05) is 0 Å². The fourth-order valence-corrected chi connectivity index (χ4v) is 1.58. The molecule has 0 bridgehead atoms. The lowest BCUT2D eigenvalue weighted by molar-refractivity contribution is -0.121. The zero-order valence-corrected chi connectivity index (χ0v) is 11.0. The van der Waals surface area contributed by atoms with Crippen LogP contribution in [-0.4, -0.2) is 28.3 Å². The Morgan fingerprint density at radius 1 is 1.47 bits per heavy atom. The number of nitrogens with one attached hydrogen (secondary N) is 2. The molecule has 0 saturated heterocycles. The first kappa shape index (κ1) is 13.7. The smallest absolute Gasteiger partial charge is 0.221 e. The van der Waals surface area contributed by atoms with Crippen LogP contribution in [0, 0.1) is 0 Å². The molecule has 1 atom stereocenters. The van der Waals surface area contributed by atoms with Crippen molar-refractivity contribution >= 4 is 5.91 Å². The fraction of sp³-hybridized carbons (Fsp3) is 0.667. The highest BCUT2D eigenvalue weighted by atomic mass is 16.1. The molecule has 0 aromatic carbocycles. The van der Waals surface area contributed by atoms with E-state index in [4.69, 9.17) is 0 Å². The van der Waals surface area contributed by atoms with Crippen LogP contribution in [-0.2, 0) is 11.8 Å². The van der Waals surface area contributed by atoms with E-state index in [0.717, 1.165) is 5.56 Å². The summed E-state index contributed by atoms with van der Waals surface area (Å²) in [5, 5.41) is 10.3. The van der Waals surface area contributed by atoms with Gasteiger partial charge in [-0.15, -0.1) is 0 Å². The molecule has 0 aliphatic rings. The van der Waals surface area contributed by atoms with E-state index in [1.807, 2.05) is 33.3 Å². The maximum absolute atomic E-state index is 11.4. The maximum Gasteiger partial charge on any atom is 0.221 e. The summed E-state index contributed by atoms with van der Waals surface area (Å²) in [6.07, 6.45) is 4.32. The molecule has 0 saturated carbocycles. The van der Waals surface area contributed by atoms with Gasteiger partial charge in [-0.25, -0.2) is 0 Å². The number of rotatable bonds is 6. The molecule has 0 fully saturated rings. The monoisotopic (exact) mass is 238 g/mol. The molecular formula is C12H22N4O. The normalized spacial score (nSPS) is 12.8. The number of aromatic nitrogens is 2. The minimum atomic E-state index is 0.0888. The number of nitrogens with zero attached hydrogens (tertiary/aromatic N) is 2. The third kappa shape index (κ3) is 4.99. The second-order valence-corrected chi connectivity index (χ2v) is 4.60. The first-order valence-electron chi connectivity index (χ1n) is 6.00. The molecule has 1 amide bonds. The molecule has 0 spiro atoms. The molecule has 1 heterocycles. The lowest BCUT2D eigenvalue weighted by Gasteiger charge is -2.12. The first-order valence-corrected chi connectivity index (χ1v) is 6.00. The van der Waals surface area contributed by atoms with Gasteiger partial charge in [-0.05, 0) is 20.8 Å². The zero-order valence-electron chi connectivity index (χ0n) is 11.0. The van der Waals surface area contributed by atoms with Crippen molar-refractivity contribution in [1.82, 2.24) is 20.4 Å². The van der Waals surface area contributed by atoms with Crippen LogP contribution in [0.25, 0.3) is 0 Å². The average molecular weight is 238 g/mol. The summed E-state index contributed by atoms with van der Waals surface area (Å²) in [6, 6.07) is 0.425. The largest absolute Gasteiger partial charge is 0.354 e. The molecule has 5 nitrogen and oxygen atoms in total. The highest BCUT2D eigenvalue weighted by Gasteiger charge is 2.08. The van der Waals surface area contributed by atoms with Crippen molar-refractivity contribution in [1.29, 1.82) is 0 Å². The highest BCUT2D eigenvalue weighted by molar-refractivity contribution is 5.76. The second kappa shape index (κ2) is 6.39. The molecular weight excluding hydrogens is 216 g/mol. The Morgan fingerprint density at radius 2 is 2.18 bits per heavy atom. The molecule has 1 unspecified atom stereocenters. The third-order valence-electron chi connectivity index (χ3n) is 2.48. The Balaban J connectivity index is 2.25. The van der Waals surface area contributed by atoms with E-state index in [2.05, 4.69) is 22.7 Å². The Morgan fingerprint density at radius 3 is 2.71 bits per heavy atom. The van der Waals surface area contributed by atoms with E-state index < -0.39 is 0 Å². The van der Waals surface area contributed by atoms with E-state index in [-0.39, 0.29) is 18.0 Å². The second-order valence-electron chi connectivity index (χ2n) is 4.60. The van der Waals surface area contributed by atoms with E-state index in [1.54, 1.807) is 4.68 Å². The van der Waals surface area contributed by atoms with Crippen molar-refractivity contribution in [3.8, 4) is 0 Å². The van der Waals surface area contributed by atoms with Gasteiger partial charge in [0.05, 0.1) is 6.20 Å². The van der Waals surface area contributed by atoms with Crippen LogP contribution in [0.5, 0.6) is 0 Å². The lowest BCUT2D eigenvalue weighted by Crippen LogP contribution is -2.33. The number of amides is 1. The Hall–Kier alpha value is -1.36. The summed E-state index contributed by atoms with van der Waals surface area (Å²) in [4.78, 5) is 11.4. The highest BCUT2D eigenvalue weighted by Crippen LogP contribution is 2.09. The zero-order chi connectivity index (χ0) is 12.8. The van der Waals surface area contributed by atoms with Gasteiger partial charge in [0.1, 0.15) is 0 Å². The van der Waals surface area contributed by atoms with E-state index in [9.17, 15) is 4.79 Å². The van der Waals surface area contributed by atoms with Crippen LogP contribution in [0.1, 0.15) is 38.8 Å². The molecule has 1 aromatic rings. The van der Waals surface area contributed by atoms with Gasteiger partial charge in [0.2, 0.25) is 5.91 Å².